The first-order chi connectivity index (χ1) is 8.50. The summed E-state index contributed by atoms with van der Waals surface area (Å²) >= 11 is 1.68. The minimum absolute atomic E-state index is 0.0116. The third-order valence-electron chi connectivity index (χ3n) is 3.55. The summed E-state index contributed by atoms with van der Waals surface area (Å²) in [6.45, 7) is 4.22. The van der Waals surface area contributed by atoms with Crippen molar-refractivity contribution in [3.05, 3.63) is 58.0 Å². The predicted octanol–water partition coefficient (Wildman–Crippen LogP) is 3.73. The average Bonchev–Trinajstić information content (AvgIpc) is 2.82. The Bertz CT molecular complexity index is 488. The Kier molecular flexibility index (Phi) is 3.83. The normalized spacial score (nSPS) is 13.6. The molecular formula is C15H18FNS. The lowest BCUT2D eigenvalue weighted by Gasteiger charge is -2.32. The van der Waals surface area contributed by atoms with Crippen LogP contribution in [-0.2, 0) is 11.8 Å². The number of rotatable bonds is 4. The van der Waals surface area contributed by atoms with E-state index in [4.69, 9.17) is 5.73 Å². The highest BCUT2D eigenvalue weighted by atomic mass is 32.1. The highest BCUT2D eigenvalue weighted by molar-refractivity contribution is 7.07. The quantitative estimate of drug-likeness (QED) is 0.893. The van der Waals surface area contributed by atoms with Crippen LogP contribution in [0.1, 0.15) is 25.0 Å². The second-order valence-corrected chi connectivity index (χ2v) is 5.95. The van der Waals surface area contributed by atoms with Gasteiger partial charge in [0.25, 0.3) is 0 Å². The van der Waals surface area contributed by atoms with Crippen LogP contribution in [-0.4, -0.2) is 6.04 Å². The van der Waals surface area contributed by atoms with Crippen LogP contribution in [0.5, 0.6) is 0 Å². The van der Waals surface area contributed by atoms with Gasteiger partial charge in [-0.15, -0.1) is 0 Å². The molecule has 0 saturated carbocycles. The standard InChI is InChI=1S/C15H18FNS/c1-15(2,12-3-5-13(16)6-4-12)14(17)9-11-7-8-18-10-11/h3-8,10,14H,9,17H2,1-2H3. The van der Waals surface area contributed by atoms with Crippen LogP contribution >= 0.6 is 11.3 Å². The minimum atomic E-state index is -0.207. The molecule has 3 heteroatoms. The van der Waals surface area contributed by atoms with E-state index < -0.39 is 0 Å². The Balaban J connectivity index is 2.16. The van der Waals surface area contributed by atoms with Gasteiger partial charge in [0.2, 0.25) is 0 Å². The highest BCUT2D eigenvalue weighted by Crippen LogP contribution is 2.28. The summed E-state index contributed by atoms with van der Waals surface area (Å²) < 4.78 is 13.0. The summed E-state index contributed by atoms with van der Waals surface area (Å²) in [5.41, 5.74) is 8.49. The molecule has 1 atom stereocenters. The van der Waals surface area contributed by atoms with E-state index in [0.29, 0.717) is 0 Å². The van der Waals surface area contributed by atoms with Crippen molar-refractivity contribution in [3.63, 3.8) is 0 Å². The van der Waals surface area contributed by atoms with Gasteiger partial charge in [0, 0.05) is 11.5 Å². The van der Waals surface area contributed by atoms with Crippen molar-refractivity contribution in [1.29, 1.82) is 0 Å². The zero-order valence-corrected chi connectivity index (χ0v) is 11.5. The van der Waals surface area contributed by atoms with Gasteiger partial charge in [0.1, 0.15) is 5.82 Å². The van der Waals surface area contributed by atoms with E-state index in [-0.39, 0.29) is 17.3 Å². The average molecular weight is 263 g/mol. The molecule has 0 fully saturated rings. The Morgan fingerprint density at radius 3 is 2.44 bits per heavy atom. The van der Waals surface area contributed by atoms with Gasteiger partial charge < -0.3 is 5.73 Å². The van der Waals surface area contributed by atoms with Gasteiger partial charge in [0.15, 0.2) is 0 Å². The first-order valence-electron chi connectivity index (χ1n) is 6.03. The smallest absolute Gasteiger partial charge is 0.123 e. The van der Waals surface area contributed by atoms with Crippen molar-refractivity contribution in [2.45, 2.75) is 31.7 Å². The molecule has 0 amide bonds. The molecule has 2 aromatic rings. The van der Waals surface area contributed by atoms with Crippen LogP contribution < -0.4 is 5.73 Å². The maximum absolute atomic E-state index is 13.0. The number of hydrogen-bond acceptors (Lipinski definition) is 2. The summed E-state index contributed by atoms with van der Waals surface area (Å²) in [6, 6.07) is 8.75. The zero-order chi connectivity index (χ0) is 13.2. The second-order valence-electron chi connectivity index (χ2n) is 5.17. The lowest BCUT2D eigenvalue weighted by atomic mass is 9.76. The van der Waals surface area contributed by atoms with Gasteiger partial charge in [-0.05, 0) is 46.5 Å². The van der Waals surface area contributed by atoms with E-state index >= 15 is 0 Å². The van der Waals surface area contributed by atoms with Crippen molar-refractivity contribution in [3.8, 4) is 0 Å². The first-order valence-corrected chi connectivity index (χ1v) is 6.97. The summed E-state index contributed by atoms with van der Waals surface area (Å²) in [5.74, 6) is -0.207. The van der Waals surface area contributed by atoms with Crippen LogP contribution in [0.3, 0.4) is 0 Å². The van der Waals surface area contributed by atoms with Crippen molar-refractivity contribution >= 4 is 11.3 Å². The van der Waals surface area contributed by atoms with Gasteiger partial charge >= 0.3 is 0 Å². The molecule has 0 saturated heterocycles. The predicted molar refractivity (Wildman–Crippen MR) is 75.4 cm³/mol. The number of benzene rings is 1. The fourth-order valence-electron chi connectivity index (χ4n) is 2.01. The van der Waals surface area contributed by atoms with Crippen LogP contribution in [0, 0.1) is 5.82 Å². The third kappa shape index (κ3) is 2.79. The van der Waals surface area contributed by atoms with Crippen LogP contribution in [0.4, 0.5) is 4.39 Å². The monoisotopic (exact) mass is 263 g/mol. The maximum atomic E-state index is 13.0. The van der Waals surface area contributed by atoms with Crippen molar-refractivity contribution in [2.24, 2.45) is 5.73 Å². The van der Waals surface area contributed by atoms with E-state index in [0.717, 1.165) is 12.0 Å². The lowest BCUT2D eigenvalue weighted by molar-refractivity contribution is 0.406. The number of hydrogen-bond donors (Lipinski definition) is 1. The summed E-state index contributed by atoms with van der Waals surface area (Å²) in [5, 5.41) is 4.19. The molecule has 96 valence electrons. The topological polar surface area (TPSA) is 26.0 Å². The van der Waals surface area contributed by atoms with Crippen molar-refractivity contribution in [1.82, 2.24) is 0 Å². The fourth-order valence-corrected chi connectivity index (χ4v) is 2.69. The molecule has 0 bridgehead atoms. The molecule has 1 aromatic carbocycles. The van der Waals surface area contributed by atoms with Crippen molar-refractivity contribution in [2.75, 3.05) is 0 Å². The molecular weight excluding hydrogens is 245 g/mol. The molecule has 0 aliphatic heterocycles. The Morgan fingerprint density at radius 1 is 1.22 bits per heavy atom. The largest absolute Gasteiger partial charge is 0.327 e. The number of halogens is 1. The molecule has 0 radical (unpaired) electrons. The molecule has 1 heterocycles. The van der Waals surface area contributed by atoms with Crippen molar-refractivity contribution < 1.29 is 4.39 Å². The van der Waals surface area contributed by atoms with E-state index in [1.807, 2.05) is 12.1 Å². The summed E-state index contributed by atoms with van der Waals surface area (Å²) in [4.78, 5) is 0. The molecule has 1 aromatic heterocycles. The van der Waals surface area contributed by atoms with Crippen LogP contribution in [0.25, 0.3) is 0 Å². The molecule has 0 aliphatic rings. The Labute approximate surface area is 111 Å². The minimum Gasteiger partial charge on any atom is -0.327 e. The maximum Gasteiger partial charge on any atom is 0.123 e. The van der Waals surface area contributed by atoms with E-state index in [9.17, 15) is 4.39 Å². The van der Waals surface area contributed by atoms with Crippen LogP contribution in [0.15, 0.2) is 41.1 Å². The van der Waals surface area contributed by atoms with Gasteiger partial charge in [-0.2, -0.15) is 11.3 Å². The van der Waals surface area contributed by atoms with Gasteiger partial charge in [-0.25, -0.2) is 4.39 Å². The van der Waals surface area contributed by atoms with E-state index in [1.165, 1.54) is 17.7 Å². The molecule has 1 unspecified atom stereocenters. The van der Waals surface area contributed by atoms with Gasteiger partial charge in [0.05, 0.1) is 0 Å². The molecule has 0 aliphatic carbocycles. The Hall–Kier alpha value is -1.19. The first kappa shape index (κ1) is 13.2. The van der Waals surface area contributed by atoms with Gasteiger partial charge in [-0.1, -0.05) is 26.0 Å². The summed E-state index contributed by atoms with van der Waals surface area (Å²) in [7, 11) is 0. The molecule has 2 N–H and O–H groups in total. The van der Waals surface area contributed by atoms with E-state index in [1.54, 1.807) is 11.3 Å². The molecule has 1 nitrogen and oxygen atoms in total. The molecule has 2 rings (SSSR count). The lowest BCUT2D eigenvalue weighted by Crippen LogP contribution is -2.42. The second kappa shape index (κ2) is 5.21. The third-order valence-corrected chi connectivity index (χ3v) is 4.28. The van der Waals surface area contributed by atoms with Gasteiger partial charge in [-0.3, -0.25) is 0 Å². The highest BCUT2D eigenvalue weighted by Gasteiger charge is 2.28. The van der Waals surface area contributed by atoms with E-state index in [2.05, 4.69) is 30.7 Å². The number of nitrogens with two attached hydrogens (primary N) is 1. The Morgan fingerprint density at radius 2 is 1.89 bits per heavy atom. The SMILES string of the molecule is CC(C)(c1ccc(F)cc1)C(N)Cc1ccsc1. The fraction of sp³-hybridized carbons (Fsp3) is 0.333. The molecule has 18 heavy (non-hydrogen) atoms. The van der Waals surface area contributed by atoms with Crippen LogP contribution in [0.2, 0.25) is 0 Å². The number of thiophene rings is 1. The summed E-state index contributed by atoms with van der Waals surface area (Å²) in [6.07, 6.45) is 0.841. The molecule has 0 spiro atoms. The zero-order valence-electron chi connectivity index (χ0n) is 10.7.